The van der Waals surface area contributed by atoms with E-state index in [2.05, 4.69) is 17.1 Å². The second-order valence-corrected chi connectivity index (χ2v) is 3.67. The van der Waals surface area contributed by atoms with E-state index in [1.165, 1.54) is 0 Å². The molecular weight excluding hydrogens is 168 g/mol. The molecule has 0 fully saturated rings. The van der Waals surface area contributed by atoms with Crippen molar-refractivity contribution in [2.24, 2.45) is 0 Å². The van der Waals surface area contributed by atoms with E-state index in [1.807, 2.05) is 21.0 Å². The van der Waals surface area contributed by atoms with Crippen LogP contribution in [-0.4, -0.2) is 42.4 Å². The lowest BCUT2D eigenvalue weighted by Crippen LogP contribution is -2.28. The molecule has 0 heterocycles. The molecule has 0 aliphatic carbocycles. The fourth-order valence-corrected chi connectivity index (χ4v) is 1.96. The van der Waals surface area contributed by atoms with Crippen molar-refractivity contribution in [2.75, 3.05) is 27.2 Å². The number of rotatable bonds is 5. The SMILES string of the molecule is CCNC(=C([SiH3])OCC)N(C)C. The Morgan fingerprint density at radius 3 is 2.33 bits per heavy atom. The number of nitrogens with zero attached hydrogens (tertiary/aromatic N) is 1. The van der Waals surface area contributed by atoms with Gasteiger partial charge in [-0.25, -0.2) is 0 Å². The van der Waals surface area contributed by atoms with E-state index in [9.17, 15) is 0 Å². The summed E-state index contributed by atoms with van der Waals surface area (Å²) in [4.78, 5) is 2.06. The smallest absolute Gasteiger partial charge is 0.133 e. The van der Waals surface area contributed by atoms with Crippen LogP contribution in [0.25, 0.3) is 0 Å². The average molecular weight is 188 g/mol. The molecule has 0 aromatic heterocycles. The average Bonchev–Trinajstić information content (AvgIpc) is 1.99. The number of nitrogens with one attached hydrogen (secondary N) is 1. The third-order valence-electron chi connectivity index (χ3n) is 1.49. The topological polar surface area (TPSA) is 24.5 Å². The lowest BCUT2D eigenvalue weighted by Gasteiger charge is -2.21. The summed E-state index contributed by atoms with van der Waals surface area (Å²) in [5.41, 5.74) is 0. The zero-order chi connectivity index (χ0) is 9.56. The summed E-state index contributed by atoms with van der Waals surface area (Å²) in [6.07, 6.45) is 0. The van der Waals surface area contributed by atoms with Crippen molar-refractivity contribution >= 4 is 10.2 Å². The first-order chi connectivity index (χ1) is 5.63. The summed E-state index contributed by atoms with van der Waals surface area (Å²) in [5.74, 6) is 1.12. The highest BCUT2D eigenvalue weighted by Crippen LogP contribution is 2.01. The lowest BCUT2D eigenvalue weighted by molar-refractivity contribution is 0.237. The van der Waals surface area contributed by atoms with Crippen LogP contribution in [0, 0.1) is 0 Å². The van der Waals surface area contributed by atoms with Crippen molar-refractivity contribution in [1.29, 1.82) is 0 Å². The van der Waals surface area contributed by atoms with Crippen LogP contribution in [0.2, 0.25) is 0 Å². The van der Waals surface area contributed by atoms with Crippen LogP contribution < -0.4 is 5.32 Å². The summed E-state index contributed by atoms with van der Waals surface area (Å²) in [6.45, 7) is 5.79. The van der Waals surface area contributed by atoms with Crippen LogP contribution in [0.4, 0.5) is 0 Å². The maximum atomic E-state index is 5.46. The first kappa shape index (κ1) is 11.4. The molecule has 0 saturated heterocycles. The standard InChI is InChI=1S/C8H20N2OSi/c1-5-9-7(10(3)4)8(12)11-6-2/h9H,5-6H2,1-4,12H3. The summed E-state index contributed by atoms with van der Waals surface area (Å²) >= 11 is 0. The van der Waals surface area contributed by atoms with Gasteiger partial charge in [-0.15, -0.1) is 0 Å². The molecule has 0 spiro atoms. The molecule has 0 radical (unpaired) electrons. The van der Waals surface area contributed by atoms with Crippen LogP contribution in [0.5, 0.6) is 0 Å². The number of ether oxygens (including phenoxy) is 1. The van der Waals surface area contributed by atoms with Gasteiger partial charge < -0.3 is 15.0 Å². The van der Waals surface area contributed by atoms with E-state index in [1.54, 1.807) is 0 Å². The zero-order valence-corrected chi connectivity index (χ0v) is 10.8. The predicted molar refractivity (Wildman–Crippen MR) is 56.0 cm³/mol. The minimum Gasteiger partial charge on any atom is -0.501 e. The van der Waals surface area contributed by atoms with Crippen molar-refractivity contribution in [3.63, 3.8) is 0 Å². The summed E-state index contributed by atoms with van der Waals surface area (Å²) in [6, 6.07) is 0. The van der Waals surface area contributed by atoms with Crippen molar-refractivity contribution in [3.05, 3.63) is 11.2 Å². The molecule has 0 atom stereocenters. The van der Waals surface area contributed by atoms with Crippen LogP contribution in [0.3, 0.4) is 0 Å². The van der Waals surface area contributed by atoms with Crippen LogP contribution in [-0.2, 0) is 4.74 Å². The van der Waals surface area contributed by atoms with Gasteiger partial charge in [-0.1, -0.05) is 0 Å². The minimum absolute atomic E-state index is 0.752. The van der Waals surface area contributed by atoms with Crippen LogP contribution in [0.15, 0.2) is 11.2 Å². The van der Waals surface area contributed by atoms with Gasteiger partial charge in [0.1, 0.15) is 11.2 Å². The largest absolute Gasteiger partial charge is 0.501 e. The van der Waals surface area contributed by atoms with E-state index in [-0.39, 0.29) is 0 Å². The van der Waals surface area contributed by atoms with Gasteiger partial charge in [-0.2, -0.15) is 0 Å². The Morgan fingerprint density at radius 2 is 2.00 bits per heavy atom. The molecule has 72 valence electrons. The van der Waals surface area contributed by atoms with Crippen molar-refractivity contribution in [1.82, 2.24) is 10.2 Å². The highest BCUT2D eigenvalue weighted by atomic mass is 28.1. The zero-order valence-electron chi connectivity index (χ0n) is 8.77. The molecule has 0 bridgehead atoms. The number of hydrogen-bond acceptors (Lipinski definition) is 3. The molecule has 1 N–H and O–H groups in total. The van der Waals surface area contributed by atoms with Crippen molar-refractivity contribution < 1.29 is 4.74 Å². The molecule has 0 saturated carbocycles. The highest BCUT2D eigenvalue weighted by molar-refractivity contribution is 6.20. The summed E-state index contributed by atoms with van der Waals surface area (Å²) in [7, 11) is 4.99. The van der Waals surface area contributed by atoms with Gasteiger partial charge >= 0.3 is 0 Å². The second kappa shape index (κ2) is 5.94. The van der Waals surface area contributed by atoms with Gasteiger partial charge in [0.15, 0.2) is 0 Å². The van der Waals surface area contributed by atoms with Crippen LogP contribution >= 0.6 is 0 Å². The van der Waals surface area contributed by atoms with Gasteiger partial charge in [-0.05, 0) is 13.8 Å². The monoisotopic (exact) mass is 188 g/mol. The molecule has 12 heavy (non-hydrogen) atoms. The van der Waals surface area contributed by atoms with Gasteiger partial charge in [0.2, 0.25) is 0 Å². The third kappa shape index (κ3) is 3.66. The van der Waals surface area contributed by atoms with Crippen LogP contribution in [0.1, 0.15) is 13.8 Å². The molecular formula is C8H20N2OSi. The first-order valence-corrected chi connectivity index (χ1v) is 5.38. The Labute approximate surface area is 78.2 Å². The van der Waals surface area contributed by atoms with E-state index in [0.717, 1.165) is 34.6 Å². The quantitative estimate of drug-likeness (QED) is 0.473. The Morgan fingerprint density at radius 1 is 1.42 bits per heavy atom. The molecule has 0 aliphatic heterocycles. The maximum Gasteiger partial charge on any atom is 0.133 e. The van der Waals surface area contributed by atoms with Gasteiger partial charge in [0, 0.05) is 20.6 Å². The Hall–Kier alpha value is -0.643. The molecule has 0 unspecified atom stereocenters. The van der Waals surface area contributed by atoms with Crippen molar-refractivity contribution in [2.45, 2.75) is 13.8 Å². The first-order valence-electron chi connectivity index (χ1n) is 4.38. The fraction of sp³-hybridized carbons (Fsp3) is 0.750. The lowest BCUT2D eigenvalue weighted by atomic mass is 10.6. The molecule has 3 nitrogen and oxygen atoms in total. The molecule has 4 heteroatoms. The van der Waals surface area contributed by atoms with Gasteiger partial charge in [0.25, 0.3) is 0 Å². The Kier molecular flexibility index (Phi) is 5.62. The molecule has 0 amide bonds. The minimum atomic E-state index is 0.752. The van der Waals surface area contributed by atoms with Gasteiger partial charge in [0.05, 0.1) is 16.8 Å². The highest BCUT2D eigenvalue weighted by Gasteiger charge is 2.03. The van der Waals surface area contributed by atoms with E-state index in [0.29, 0.717) is 0 Å². The maximum absolute atomic E-state index is 5.46. The second-order valence-electron chi connectivity index (χ2n) is 2.76. The molecule has 0 aromatic rings. The fourth-order valence-electron chi connectivity index (χ4n) is 1.05. The number of hydrogen-bond donors (Lipinski definition) is 1. The molecule has 0 aliphatic rings. The predicted octanol–water partition coefficient (Wildman–Crippen LogP) is -0.314. The van der Waals surface area contributed by atoms with Gasteiger partial charge in [-0.3, -0.25) is 0 Å². The summed E-state index contributed by atoms with van der Waals surface area (Å²) < 4.78 is 5.46. The molecule has 0 rings (SSSR count). The normalized spacial score (nSPS) is 12.3. The molecule has 0 aromatic carbocycles. The van der Waals surface area contributed by atoms with Crippen molar-refractivity contribution in [3.8, 4) is 0 Å². The Bertz CT molecular complexity index is 157. The Balaban J connectivity index is 4.32. The van der Waals surface area contributed by atoms with E-state index < -0.39 is 0 Å². The summed E-state index contributed by atoms with van der Waals surface area (Å²) in [5, 5.41) is 4.37. The van der Waals surface area contributed by atoms with E-state index in [4.69, 9.17) is 4.74 Å². The third-order valence-corrected chi connectivity index (χ3v) is 2.25. The van der Waals surface area contributed by atoms with E-state index >= 15 is 0 Å².